The number of para-hydroxylation sites is 1. The van der Waals surface area contributed by atoms with Crippen molar-refractivity contribution in [3.63, 3.8) is 0 Å². The van der Waals surface area contributed by atoms with Gasteiger partial charge in [-0.25, -0.2) is 9.78 Å². The Balaban J connectivity index is 1.25. The van der Waals surface area contributed by atoms with E-state index < -0.39 is 0 Å². The molecule has 32 heavy (non-hydrogen) atoms. The van der Waals surface area contributed by atoms with Gasteiger partial charge in [-0.1, -0.05) is 37.1 Å². The maximum absolute atomic E-state index is 12.8. The molecule has 0 aliphatic carbocycles. The third kappa shape index (κ3) is 5.99. The summed E-state index contributed by atoms with van der Waals surface area (Å²) in [6, 6.07) is 13.4. The second-order valence-electron chi connectivity index (χ2n) is 8.73. The van der Waals surface area contributed by atoms with E-state index in [1.165, 1.54) is 25.7 Å². The molecule has 1 atom stereocenters. The van der Waals surface area contributed by atoms with Gasteiger partial charge in [-0.2, -0.15) is 0 Å². The molecule has 0 spiro atoms. The first-order chi connectivity index (χ1) is 15.7. The normalized spacial score (nSPS) is 19.2. The van der Waals surface area contributed by atoms with Crippen LogP contribution in [0, 0.1) is 5.92 Å². The van der Waals surface area contributed by atoms with Crippen LogP contribution in [0.15, 0.2) is 48.7 Å². The van der Waals surface area contributed by atoms with E-state index in [-0.39, 0.29) is 17.9 Å². The van der Waals surface area contributed by atoms with Crippen LogP contribution >= 0.6 is 0 Å². The highest BCUT2D eigenvalue weighted by Gasteiger charge is 2.28. The highest BCUT2D eigenvalue weighted by molar-refractivity contribution is 5.90. The van der Waals surface area contributed by atoms with Gasteiger partial charge in [-0.15, -0.1) is 0 Å². The highest BCUT2D eigenvalue weighted by atomic mass is 16.2. The standard InChI is InChI=1S/C25H33N5O2/c31-24(21-9-8-16-30(19-21)25(32)28-22-10-4-3-5-11-22)27-18-20-12-13-23(26-17-20)29-14-6-1-2-7-15-29/h3-5,10-13,17,21H,1-2,6-9,14-16,18-19H2,(H,27,31)(H,28,32). The fourth-order valence-electron chi connectivity index (χ4n) is 4.44. The molecule has 3 amide bonds. The molecule has 2 saturated heterocycles. The lowest BCUT2D eigenvalue weighted by atomic mass is 9.97. The number of rotatable bonds is 5. The number of nitrogens with zero attached hydrogens (tertiary/aromatic N) is 3. The molecule has 4 rings (SSSR count). The number of benzene rings is 1. The number of piperidine rings is 1. The summed E-state index contributed by atoms with van der Waals surface area (Å²) in [6.45, 7) is 3.71. The lowest BCUT2D eigenvalue weighted by molar-refractivity contribution is -0.126. The summed E-state index contributed by atoms with van der Waals surface area (Å²) in [7, 11) is 0. The molecule has 2 aliphatic rings. The van der Waals surface area contributed by atoms with E-state index in [1.807, 2.05) is 42.6 Å². The summed E-state index contributed by atoms with van der Waals surface area (Å²) in [5.74, 6) is 0.836. The first-order valence-electron chi connectivity index (χ1n) is 11.8. The number of likely N-dealkylation sites (tertiary alicyclic amines) is 1. The van der Waals surface area contributed by atoms with Crippen molar-refractivity contribution >= 4 is 23.4 Å². The van der Waals surface area contributed by atoms with Crippen LogP contribution in [0.3, 0.4) is 0 Å². The van der Waals surface area contributed by atoms with Crippen LogP contribution in [0.5, 0.6) is 0 Å². The number of carbonyl (C=O) groups is 2. The molecule has 2 N–H and O–H groups in total. The largest absolute Gasteiger partial charge is 0.357 e. The van der Waals surface area contributed by atoms with Crippen LogP contribution < -0.4 is 15.5 Å². The van der Waals surface area contributed by atoms with Gasteiger partial charge >= 0.3 is 6.03 Å². The molecule has 1 unspecified atom stereocenters. The lowest BCUT2D eigenvalue weighted by Gasteiger charge is -2.32. The van der Waals surface area contributed by atoms with E-state index in [1.54, 1.807) is 4.90 Å². The van der Waals surface area contributed by atoms with Gasteiger partial charge in [0.05, 0.1) is 5.92 Å². The van der Waals surface area contributed by atoms with E-state index in [0.29, 0.717) is 19.6 Å². The minimum absolute atomic E-state index is 0.00111. The third-order valence-electron chi connectivity index (χ3n) is 6.31. The Morgan fingerprint density at radius 2 is 1.72 bits per heavy atom. The number of nitrogens with one attached hydrogen (secondary N) is 2. The van der Waals surface area contributed by atoms with Crippen LogP contribution in [0.25, 0.3) is 0 Å². The first kappa shape index (κ1) is 22.1. The summed E-state index contributed by atoms with van der Waals surface area (Å²) in [5, 5.41) is 5.94. The Labute approximate surface area is 190 Å². The van der Waals surface area contributed by atoms with Gasteiger partial charge in [0.25, 0.3) is 0 Å². The zero-order chi connectivity index (χ0) is 22.2. The molecule has 3 heterocycles. The summed E-state index contributed by atoms with van der Waals surface area (Å²) in [5.41, 5.74) is 1.76. The number of hydrogen-bond acceptors (Lipinski definition) is 4. The number of carbonyl (C=O) groups excluding carboxylic acids is 2. The third-order valence-corrected chi connectivity index (χ3v) is 6.31. The van der Waals surface area contributed by atoms with Gasteiger partial charge in [0.2, 0.25) is 5.91 Å². The monoisotopic (exact) mass is 435 g/mol. The van der Waals surface area contributed by atoms with E-state index in [9.17, 15) is 9.59 Å². The molecule has 0 radical (unpaired) electrons. The molecule has 2 aromatic rings. The Kier molecular flexibility index (Phi) is 7.59. The van der Waals surface area contributed by atoms with Gasteiger partial charge in [0.1, 0.15) is 5.82 Å². The number of amides is 3. The Morgan fingerprint density at radius 3 is 2.44 bits per heavy atom. The topological polar surface area (TPSA) is 77.6 Å². The molecule has 0 saturated carbocycles. The van der Waals surface area contributed by atoms with Crippen molar-refractivity contribution in [1.82, 2.24) is 15.2 Å². The summed E-state index contributed by atoms with van der Waals surface area (Å²) < 4.78 is 0. The van der Waals surface area contributed by atoms with Crippen LogP contribution in [0.1, 0.15) is 44.1 Å². The molecule has 7 nitrogen and oxygen atoms in total. The van der Waals surface area contributed by atoms with Crippen LogP contribution in [0.2, 0.25) is 0 Å². The van der Waals surface area contributed by atoms with Gasteiger partial charge < -0.3 is 20.4 Å². The van der Waals surface area contributed by atoms with Crippen molar-refractivity contribution in [2.45, 2.75) is 45.1 Å². The van der Waals surface area contributed by atoms with Crippen LogP contribution in [-0.2, 0) is 11.3 Å². The average molecular weight is 436 g/mol. The minimum atomic E-state index is -0.186. The number of urea groups is 1. The second-order valence-corrected chi connectivity index (χ2v) is 8.73. The van der Waals surface area contributed by atoms with E-state index in [0.717, 1.165) is 43.0 Å². The maximum Gasteiger partial charge on any atom is 0.321 e. The fourth-order valence-corrected chi connectivity index (χ4v) is 4.44. The molecular weight excluding hydrogens is 402 g/mol. The maximum atomic E-state index is 12.8. The molecule has 7 heteroatoms. The van der Waals surface area contributed by atoms with E-state index in [2.05, 4.69) is 26.6 Å². The fraction of sp³-hybridized carbons (Fsp3) is 0.480. The van der Waals surface area contributed by atoms with E-state index >= 15 is 0 Å². The second kappa shape index (κ2) is 11.0. The molecule has 1 aromatic heterocycles. The Hall–Kier alpha value is -3.09. The van der Waals surface area contributed by atoms with Crippen molar-refractivity contribution in [2.24, 2.45) is 5.92 Å². The summed E-state index contributed by atoms with van der Waals surface area (Å²) in [4.78, 5) is 34.0. The number of pyridine rings is 1. The van der Waals surface area contributed by atoms with Crippen molar-refractivity contribution in [3.8, 4) is 0 Å². The van der Waals surface area contributed by atoms with Gasteiger partial charge in [0, 0.05) is 44.6 Å². The predicted octanol–water partition coefficient (Wildman–Crippen LogP) is 4.02. The molecule has 2 fully saturated rings. The molecular formula is C25H33N5O2. The molecule has 170 valence electrons. The van der Waals surface area contributed by atoms with Crippen LogP contribution in [0.4, 0.5) is 16.3 Å². The van der Waals surface area contributed by atoms with Crippen molar-refractivity contribution in [3.05, 3.63) is 54.2 Å². The summed E-state index contributed by atoms with van der Waals surface area (Å²) >= 11 is 0. The number of anilines is 2. The van der Waals surface area contributed by atoms with Crippen molar-refractivity contribution in [1.29, 1.82) is 0 Å². The minimum Gasteiger partial charge on any atom is -0.357 e. The molecule has 2 aliphatic heterocycles. The number of hydrogen-bond donors (Lipinski definition) is 2. The Bertz CT molecular complexity index is 879. The Morgan fingerprint density at radius 1 is 0.938 bits per heavy atom. The first-order valence-corrected chi connectivity index (χ1v) is 11.8. The molecule has 1 aromatic carbocycles. The quantitative estimate of drug-likeness (QED) is 0.744. The van der Waals surface area contributed by atoms with E-state index in [4.69, 9.17) is 0 Å². The average Bonchev–Trinajstić information content (AvgIpc) is 3.13. The number of aromatic nitrogens is 1. The lowest BCUT2D eigenvalue weighted by Crippen LogP contribution is -2.46. The predicted molar refractivity (Wildman–Crippen MR) is 127 cm³/mol. The van der Waals surface area contributed by atoms with Gasteiger partial charge in [-0.05, 0) is 49.4 Å². The summed E-state index contributed by atoms with van der Waals surface area (Å²) in [6.07, 6.45) is 8.53. The smallest absolute Gasteiger partial charge is 0.321 e. The zero-order valence-corrected chi connectivity index (χ0v) is 18.6. The van der Waals surface area contributed by atoms with Crippen molar-refractivity contribution in [2.75, 3.05) is 36.4 Å². The van der Waals surface area contributed by atoms with Gasteiger partial charge in [0.15, 0.2) is 0 Å². The van der Waals surface area contributed by atoms with Crippen molar-refractivity contribution < 1.29 is 9.59 Å². The molecule has 0 bridgehead atoms. The zero-order valence-electron chi connectivity index (χ0n) is 18.6. The van der Waals surface area contributed by atoms with Crippen LogP contribution in [-0.4, -0.2) is 48.0 Å². The highest BCUT2D eigenvalue weighted by Crippen LogP contribution is 2.19. The van der Waals surface area contributed by atoms with Gasteiger partial charge in [-0.3, -0.25) is 4.79 Å². The SMILES string of the molecule is O=C(NCc1ccc(N2CCCCCC2)nc1)C1CCCN(C(=O)Nc2ccccc2)C1.